The number of hydrogen-bond acceptors (Lipinski definition) is 3. The summed E-state index contributed by atoms with van der Waals surface area (Å²) in [6.07, 6.45) is 7.04. The van der Waals surface area contributed by atoms with Gasteiger partial charge in [-0.3, -0.25) is 9.69 Å². The van der Waals surface area contributed by atoms with E-state index in [0.29, 0.717) is 6.54 Å². The second-order valence-corrected chi connectivity index (χ2v) is 3.43. The Kier molecular flexibility index (Phi) is 4.44. The summed E-state index contributed by atoms with van der Waals surface area (Å²) in [4.78, 5) is 13.3. The number of aliphatic hydroxyl groups is 1. The monoisotopic (exact) mass is 196 g/mol. The highest BCUT2D eigenvalue weighted by Crippen LogP contribution is 2.15. The van der Waals surface area contributed by atoms with Crippen molar-refractivity contribution in [2.75, 3.05) is 26.2 Å². The molecule has 14 heavy (non-hydrogen) atoms. The molecule has 0 aromatic heterocycles. The first-order chi connectivity index (χ1) is 6.77. The van der Waals surface area contributed by atoms with E-state index in [1.165, 1.54) is 0 Å². The predicted molar refractivity (Wildman–Crippen MR) is 53.5 cm³/mol. The predicted octanol–water partition coefficient (Wildman–Crippen LogP) is -0.807. The molecule has 1 atom stereocenters. The van der Waals surface area contributed by atoms with Gasteiger partial charge in [-0.05, 0) is 19.4 Å². The van der Waals surface area contributed by atoms with E-state index in [9.17, 15) is 4.79 Å². The summed E-state index contributed by atoms with van der Waals surface area (Å²) in [6, 6.07) is 0.145. The summed E-state index contributed by atoms with van der Waals surface area (Å²) >= 11 is 0. The van der Waals surface area contributed by atoms with Crippen LogP contribution in [-0.2, 0) is 4.79 Å². The molecular weight excluding hydrogens is 180 g/mol. The van der Waals surface area contributed by atoms with Crippen LogP contribution in [0.3, 0.4) is 0 Å². The number of nitrogens with zero attached hydrogens (tertiary/aromatic N) is 1. The van der Waals surface area contributed by atoms with Crippen LogP contribution in [0.2, 0.25) is 0 Å². The van der Waals surface area contributed by atoms with Crippen LogP contribution in [-0.4, -0.2) is 48.2 Å². The maximum Gasteiger partial charge on any atom is 0.234 e. The number of aliphatic hydroxyl groups excluding tert-OH is 1. The molecule has 4 nitrogen and oxygen atoms in total. The SMILES string of the molecule is C#CCNC(=O)CN1CCCC1CO. The molecular formula is C10H16N2O2. The third-order valence-electron chi connectivity index (χ3n) is 2.44. The Balaban J connectivity index is 2.29. The van der Waals surface area contributed by atoms with Crippen molar-refractivity contribution in [2.24, 2.45) is 0 Å². The van der Waals surface area contributed by atoms with Gasteiger partial charge in [-0.25, -0.2) is 0 Å². The van der Waals surface area contributed by atoms with Gasteiger partial charge in [0, 0.05) is 6.04 Å². The molecule has 1 aliphatic heterocycles. The Morgan fingerprint density at radius 1 is 1.71 bits per heavy atom. The standard InChI is InChI=1S/C10H16N2O2/c1-2-5-11-10(14)7-12-6-3-4-9(12)8-13/h1,9,13H,3-8H2,(H,11,14). The Morgan fingerprint density at radius 3 is 3.14 bits per heavy atom. The van der Waals surface area contributed by atoms with Gasteiger partial charge in [-0.2, -0.15) is 0 Å². The van der Waals surface area contributed by atoms with Crippen LogP contribution in [0.5, 0.6) is 0 Å². The van der Waals surface area contributed by atoms with Crippen LogP contribution in [0.1, 0.15) is 12.8 Å². The van der Waals surface area contributed by atoms with Gasteiger partial charge >= 0.3 is 0 Å². The van der Waals surface area contributed by atoms with E-state index in [-0.39, 0.29) is 25.1 Å². The third-order valence-corrected chi connectivity index (χ3v) is 2.44. The minimum atomic E-state index is -0.0664. The highest BCUT2D eigenvalue weighted by Gasteiger charge is 2.24. The van der Waals surface area contributed by atoms with Crippen molar-refractivity contribution >= 4 is 5.91 Å². The maximum atomic E-state index is 11.3. The lowest BCUT2D eigenvalue weighted by Gasteiger charge is -2.21. The second-order valence-electron chi connectivity index (χ2n) is 3.43. The zero-order valence-corrected chi connectivity index (χ0v) is 8.20. The van der Waals surface area contributed by atoms with Crippen molar-refractivity contribution in [3.63, 3.8) is 0 Å². The van der Waals surface area contributed by atoms with E-state index in [0.717, 1.165) is 19.4 Å². The minimum Gasteiger partial charge on any atom is -0.395 e. The van der Waals surface area contributed by atoms with Crippen LogP contribution in [0.25, 0.3) is 0 Å². The molecule has 1 saturated heterocycles. The summed E-state index contributed by atoms with van der Waals surface area (Å²) in [6.45, 7) is 1.63. The summed E-state index contributed by atoms with van der Waals surface area (Å²) in [5.41, 5.74) is 0. The number of terminal acetylenes is 1. The van der Waals surface area contributed by atoms with E-state index in [2.05, 4.69) is 11.2 Å². The Morgan fingerprint density at radius 2 is 2.50 bits per heavy atom. The molecule has 0 saturated carbocycles. The zero-order valence-electron chi connectivity index (χ0n) is 8.20. The topological polar surface area (TPSA) is 52.6 Å². The van der Waals surface area contributed by atoms with Crippen LogP contribution >= 0.6 is 0 Å². The lowest BCUT2D eigenvalue weighted by molar-refractivity contribution is -0.122. The molecule has 0 spiro atoms. The first-order valence-electron chi connectivity index (χ1n) is 4.83. The number of rotatable bonds is 4. The number of likely N-dealkylation sites (tertiary alicyclic amines) is 1. The van der Waals surface area contributed by atoms with Gasteiger partial charge in [-0.1, -0.05) is 5.92 Å². The first-order valence-corrected chi connectivity index (χ1v) is 4.83. The van der Waals surface area contributed by atoms with Gasteiger partial charge in [0.25, 0.3) is 0 Å². The number of carbonyl (C=O) groups is 1. The minimum absolute atomic E-state index is 0.0664. The van der Waals surface area contributed by atoms with Crippen LogP contribution in [0, 0.1) is 12.3 Å². The molecule has 1 fully saturated rings. The van der Waals surface area contributed by atoms with Crippen molar-refractivity contribution in [1.82, 2.24) is 10.2 Å². The van der Waals surface area contributed by atoms with Crippen molar-refractivity contribution in [3.8, 4) is 12.3 Å². The number of carbonyl (C=O) groups excluding carboxylic acids is 1. The van der Waals surface area contributed by atoms with E-state index in [4.69, 9.17) is 11.5 Å². The van der Waals surface area contributed by atoms with E-state index >= 15 is 0 Å². The van der Waals surface area contributed by atoms with Gasteiger partial charge < -0.3 is 10.4 Å². The molecule has 78 valence electrons. The van der Waals surface area contributed by atoms with Crippen molar-refractivity contribution in [1.29, 1.82) is 0 Å². The van der Waals surface area contributed by atoms with Gasteiger partial charge in [0.15, 0.2) is 0 Å². The van der Waals surface area contributed by atoms with Gasteiger partial charge in [-0.15, -0.1) is 6.42 Å². The zero-order chi connectivity index (χ0) is 10.4. The van der Waals surface area contributed by atoms with Gasteiger partial charge in [0.05, 0.1) is 19.7 Å². The molecule has 0 radical (unpaired) electrons. The van der Waals surface area contributed by atoms with Crippen molar-refractivity contribution < 1.29 is 9.90 Å². The molecule has 0 aromatic carbocycles. The molecule has 1 heterocycles. The fraction of sp³-hybridized carbons (Fsp3) is 0.700. The normalized spacial score (nSPS) is 21.9. The molecule has 1 unspecified atom stereocenters. The van der Waals surface area contributed by atoms with Crippen LogP contribution in [0.4, 0.5) is 0 Å². The molecule has 0 bridgehead atoms. The number of amides is 1. The average molecular weight is 196 g/mol. The van der Waals surface area contributed by atoms with Gasteiger partial charge in [0.2, 0.25) is 5.91 Å². The number of hydrogen-bond donors (Lipinski definition) is 2. The average Bonchev–Trinajstić information content (AvgIpc) is 2.62. The van der Waals surface area contributed by atoms with Gasteiger partial charge in [0.1, 0.15) is 0 Å². The lowest BCUT2D eigenvalue weighted by atomic mass is 10.2. The molecule has 0 aliphatic carbocycles. The Hall–Kier alpha value is -1.05. The van der Waals surface area contributed by atoms with Crippen molar-refractivity contribution in [3.05, 3.63) is 0 Å². The molecule has 1 rings (SSSR count). The highest BCUT2D eigenvalue weighted by atomic mass is 16.3. The molecule has 2 N–H and O–H groups in total. The fourth-order valence-corrected chi connectivity index (χ4v) is 1.70. The summed E-state index contributed by atoms with van der Waals surface area (Å²) in [5.74, 6) is 2.28. The maximum absolute atomic E-state index is 11.3. The second kappa shape index (κ2) is 5.63. The quantitative estimate of drug-likeness (QED) is 0.578. The first kappa shape index (κ1) is 11.0. The summed E-state index contributed by atoms with van der Waals surface area (Å²) < 4.78 is 0. The van der Waals surface area contributed by atoms with Crippen LogP contribution in [0.15, 0.2) is 0 Å². The lowest BCUT2D eigenvalue weighted by Crippen LogP contribution is -2.41. The summed E-state index contributed by atoms with van der Waals surface area (Å²) in [7, 11) is 0. The van der Waals surface area contributed by atoms with E-state index < -0.39 is 0 Å². The molecule has 0 aromatic rings. The Bertz CT molecular complexity index is 235. The smallest absolute Gasteiger partial charge is 0.234 e. The fourth-order valence-electron chi connectivity index (χ4n) is 1.70. The molecule has 4 heteroatoms. The highest BCUT2D eigenvalue weighted by molar-refractivity contribution is 5.78. The third kappa shape index (κ3) is 3.02. The number of nitrogens with one attached hydrogen (secondary N) is 1. The Labute approximate surface area is 84.3 Å². The summed E-state index contributed by atoms with van der Waals surface area (Å²) in [5, 5.41) is 11.6. The van der Waals surface area contributed by atoms with Crippen LogP contribution < -0.4 is 5.32 Å². The van der Waals surface area contributed by atoms with E-state index in [1.807, 2.05) is 4.90 Å². The molecule has 1 amide bonds. The molecule has 1 aliphatic rings. The van der Waals surface area contributed by atoms with E-state index in [1.54, 1.807) is 0 Å². The van der Waals surface area contributed by atoms with Crippen molar-refractivity contribution in [2.45, 2.75) is 18.9 Å². The largest absolute Gasteiger partial charge is 0.395 e.